The molecule has 0 aliphatic heterocycles. The van der Waals surface area contributed by atoms with Gasteiger partial charge in [-0.05, 0) is 47.3 Å². The molecule has 6 nitrogen and oxygen atoms in total. The lowest BCUT2D eigenvalue weighted by Gasteiger charge is -2.18. The summed E-state index contributed by atoms with van der Waals surface area (Å²) in [6, 6.07) is 17.5. The number of nitrogens with one attached hydrogen (secondary N) is 3. The zero-order valence-electron chi connectivity index (χ0n) is 16.1. The van der Waals surface area contributed by atoms with Crippen molar-refractivity contribution in [2.45, 2.75) is 19.4 Å². The van der Waals surface area contributed by atoms with Crippen molar-refractivity contribution in [1.82, 2.24) is 5.32 Å². The summed E-state index contributed by atoms with van der Waals surface area (Å²) in [4.78, 5) is 37.0. The van der Waals surface area contributed by atoms with Gasteiger partial charge in [0.1, 0.15) is 0 Å². The third-order valence-corrected chi connectivity index (χ3v) is 5.59. The van der Waals surface area contributed by atoms with Crippen LogP contribution in [0.4, 0.5) is 11.4 Å². The minimum absolute atomic E-state index is 0.0764. The molecule has 1 unspecified atom stereocenters. The SMILES string of the molecule is CC(=O)NC(CC(=O)Nc1cccc(NC(=O)c2cccs2)c1)c1ccc(Br)cc1. The van der Waals surface area contributed by atoms with Crippen LogP contribution in [0.15, 0.2) is 70.5 Å². The van der Waals surface area contributed by atoms with Gasteiger partial charge in [0.2, 0.25) is 11.8 Å². The molecule has 30 heavy (non-hydrogen) atoms. The Morgan fingerprint density at radius 2 is 1.67 bits per heavy atom. The number of thiophene rings is 1. The van der Waals surface area contributed by atoms with Crippen LogP contribution in [0.5, 0.6) is 0 Å². The number of amides is 3. The van der Waals surface area contributed by atoms with E-state index < -0.39 is 6.04 Å². The monoisotopic (exact) mass is 485 g/mol. The number of hydrogen-bond donors (Lipinski definition) is 3. The molecule has 1 atom stereocenters. The topological polar surface area (TPSA) is 87.3 Å². The van der Waals surface area contributed by atoms with Crippen LogP contribution >= 0.6 is 27.3 Å². The average molecular weight is 486 g/mol. The predicted molar refractivity (Wildman–Crippen MR) is 123 cm³/mol. The van der Waals surface area contributed by atoms with Crippen LogP contribution in [0, 0.1) is 0 Å². The summed E-state index contributed by atoms with van der Waals surface area (Å²) in [5, 5.41) is 10.3. The molecule has 0 fully saturated rings. The number of benzene rings is 2. The number of hydrogen-bond acceptors (Lipinski definition) is 4. The van der Waals surface area contributed by atoms with E-state index in [1.165, 1.54) is 18.3 Å². The Morgan fingerprint density at radius 3 is 2.30 bits per heavy atom. The fraction of sp³-hybridized carbons (Fsp3) is 0.136. The van der Waals surface area contributed by atoms with Crippen molar-refractivity contribution in [3.8, 4) is 0 Å². The van der Waals surface area contributed by atoms with Gasteiger partial charge in [-0.3, -0.25) is 14.4 Å². The molecule has 0 bridgehead atoms. The van der Waals surface area contributed by atoms with Crippen LogP contribution < -0.4 is 16.0 Å². The summed E-state index contributed by atoms with van der Waals surface area (Å²) in [7, 11) is 0. The molecule has 3 rings (SSSR count). The first-order chi connectivity index (χ1) is 14.4. The standard InChI is InChI=1S/C22H20BrN3O3S/c1-14(27)24-19(15-7-9-16(23)10-8-15)13-21(28)25-17-4-2-5-18(12-17)26-22(29)20-6-3-11-30-20/h2-12,19H,13H2,1H3,(H,24,27)(H,25,28)(H,26,29). The highest BCUT2D eigenvalue weighted by molar-refractivity contribution is 9.10. The Hall–Kier alpha value is -2.97. The molecule has 0 radical (unpaired) electrons. The van der Waals surface area contributed by atoms with E-state index in [-0.39, 0.29) is 24.1 Å². The number of carbonyl (C=O) groups is 3. The third-order valence-electron chi connectivity index (χ3n) is 4.19. The first-order valence-electron chi connectivity index (χ1n) is 9.18. The van der Waals surface area contributed by atoms with Crippen LogP contribution in [-0.2, 0) is 9.59 Å². The predicted octanol–water partition coefficient (Wildman–Crippen LogP) is 4.97. The molecule has 3 aromatic rings. The number of anilines is 2. The van der Waals surface area contributed by atoms with Gasteiger partial charge >= 0.3 is 0 Å². The van der Waals surface area contributed by atoms with Crippen molar-refractivity contribution in [2.75, 3.05) is 10.6 Å². The fourth-order valence-corrected chi connectivity index (χ4v) is 3.75. The van der Waals surface area contributed by atoms with Gasteiger partial charge in [0.15, 0.2) is 0 Å². The minimum atomic E-state index is -0.447. The lowest BCUT2D eigenvalue weighted by atomic mass is 10.0. The molecule has 154 valence electrons. The van der Waals surface area contributed by atoms with Gasteiger partial charge in [-0.15, -0.1) is 11.3 Å². The van der Waals surface area contributed by atoms with Crippen molar-refractivity contribution in [3.63, 3.8) is 0 Å². The van der Waals surface area contributed by atoms with Crippen LogP contribution in [0.25, 0.3) is 0 Å². The van der Waals surface area contributed by atoms with Gasteiger partial charge in [-0.1, -0.05) is 40.2 Å². The van der Waals surface area contributed by atoms with E-state index in [9.17, 15) is 14.4 Å². The lowest BCUT2D eigenvalue weighted by molar-refractivity contribution is -0.120. The van der Waals surface area contributed by atoms with Crippen molar-refractivity contribution in [1.29, 1.82) is 0 Å². The van der Waals surface area contributed by atoms with Crippen molar-refractivity contribution in [3.05, 3.63) is 81.0 Å². The highest BCUT2D eigenvalue weighted by atomic mass is 79.9. The molecule has 0 spiro atoms. The van der Waals surface area contributed by atoms with Crippen LogP contribution in [0.2, 0.25) is 0 Å². The summed E-state index contributed by atoms with van der Waals surface area (Å²) in [6.07, 6.45) is 0.0764. The molecular formula is C22H20BrN3O3S. The van der Waals surface area contributed by atoms with Gasteiger partial charge in [0.25, 0.3) is 5.91 Å². The first kappa shape index (κ1) is 21.7. The molecule has 3 N–H and O–H groups in total. The largest absolute Gasteiger partial charge is 0.349 e. The zero-order chi connectivity index (χ0) is 21.5. The molecule has 1 heterocycles. The Balaban J connectivity index is 1.66. The van der Waals surface area contributed by atoms with E-state index in [1.54, 1.807) is 30.3 Å². The Bertz CT molecular complexity index is 1040. The summed E-state index contributed by atoms with van der Waals surface area (Å²) < 4.78 is 0.915. The number of halogens is 1. The van der Waals surface area contributed by atoms with Gasteiger partial charge in [-0.2, -0.15) is 0 Å². The van der Waals surface area contributed by atoms with Gasteiger partial charge in [-0.25, -0.2) is 0 Å². The molecule has 0 saturated carbocycles. The van der Waals surface area contributed by atoms with Crippen molar-refractivity contribution < 1.29 is 14.4 Å². The molecule has 0 saturated heterocycles. The highest BCUT2D eigenvalue weighted by Gasteiger charge is 2.17. The maximum Gasteiger partial charge on any atom is 0.265 e. The second-order valence-corrected chi connectivity index (χ2v) is 8.43. The number of carbonyl (C=O) groups excluding carboxylic acids is 3. The van der Waals surface area contributed by atoms with E-state index in [1.807, 2.05) is 35.7 Å². The zero-order valence-corrected chi connectivity index (χ0v) is 18.5. The van der Waals surface area contributed by atoms with Gasteiger partial charge < -0.3 is 16.0 Å². The molecule has 0 aliphatic carbocycles. The smallest absolute Gasteiger partial charge is 0.265 e. The summed E-state index contributed by atoms with van der Waals surface area (Å²) in [6.45, 7) is 1.42. The third kappa shape index (κ3) is 6.27. The average Bonchev–Trinajstić information content (AvgIpc) is 3.23. The van der Waals surface area contributed by atoms with E-state index in [0.29, 0.717) is 16.3 Å². The fourth-order valence-electron chi connectivity index (χ4n) is 2.87. The lowest BCUT2D eigenvalue weighted by Crippen LogP contribution is -2.29. The van der Waals surface area contributed by atoms with Gasteiger partial charge in [0.05, 0.1) is 17.3 Å². The van der Waals surface area contributed by atoms with Crippen LogP contribution in [0.1, 0.15) is 34.6 Å². The molecule has 2 aromatic carbocycles. The van der Waals surface area contributed by atoms with E-state index in [0.717, 1.165) is 10.0 Å². The molecular weight excluding hydrogens is 466 g/mol. The summed E-state index contributed by atoms with van der Waals surface area (Å²) in [5.74, 6) is -0.665. The van der Waals surface area contributed by atoms with E-state index in [2.05, 4.69) is 31.9 Å². The van der Waals surface area contributed by atoms with E-state index in [4.69, 9.17) is 0 Å². The summed E-state index contributed by atoms with van der Waals surface area (Å²) >= 11 is 4.74. The number of rotatable bonds is 7. The first-order valence-corrected chi connectivity index (χ1v) is 10.9. The Labute approximate surface area is 186 Å². The maximum absolute atomic E-state index is 12.6. The summed E-state index contributed by atoms with van der Waals surface area (Å²) in [5.41, 5.74) is 1.97. The highest BCUT2D eigenvalue weighted by Crippen LogP contribution is 2.22. The Kier molecular flexibility index (Phi) is 7.37. The molecule has 1 aromatic heterocycles. The quantitative estimate of drug-likeness (QED) is 0.441. The van der Waals surface area contributed by atoms with Crippen molar-refractivity contribution >= 4 is 56.4 Å². The molecule has 3 amide bonds. The van der Waals surface area contributed by atoms with E-state index >= 15 is 0 Å². The maximum atomic E-state index is 12.6. The minimum Gasteiger partial charge on any atom is -0.349 e. The normalized spacial score (nSPS) is 11.4. The van der Waals surface area contributed by atoms with Crippen molar-refractivity contribution in [2.24, 2.45) is 0 Å². The molecule has 0 aliphatic rings. The van der Waals surface area contributed by atoms with Crippen LogP contribution in [0.3, 0.4) is 0 Å². The molecule has 8 heteroatoms. The second kappa shape index (κ2) is 10.2. The Morgan fingerprint density at radius 1 is 0.967 bits per heavy atom. The van der Waals surface area contributed by atoms with Gasteiger partial charge in [0, 0.05) is 22.8 Å². The second-order valence-electron chi connectivity index (χ2n) is 6.57. The van der Waals surface area contributed by atoms with Crippen LogP contribution in [-0.4, -0.2) is 17.7 Å².